The van der Waals surface area contributed by atoms with Crippen LogP contribution in [0.4, 0.5) is 0 Å². The Balaban J connectivity index is 1.94. The zero-order valence-electron chi connectivity index (χ0n) is 18.7. The third-order valence-corrected chi connectivity index (χ3v) is 5.82. The number of benzene rings is 2. The van der Waals surface area contributed by atoms with Crippen LogP contribution in [0.25, 0.3) is 5.76 Å². The third kappa shape index (κ3) is 4.08. The molecular weight excluding hydrogens is 462 g/mol. The molecular formula is C25H22ClNO7. The van der Waals surface area contributed by atoms with E-state index < -0.39 is 17.7 Å². The van der Waals surface area contributed by atoms with Gasteiger partial charge in [-0.15, -0.1) is 0 Å². The first-order chi connectivity index (χ1) is 16.4. The maximum absolute atomic E-state index is 13.2. The van der Waals surface area contributed by atoms with Crippen molar-refractivity contribution in [3.8, 4) is 17.2 Å². The number of amides is 1. The lowest BCUT2D eigenvalue weighted by Gasteiger charge is -2.26. The molecule has 0 spiro atoms. The van der Waals surface area contributed by atoms with Gasteiger partial charge in [-0.1, -0.05) is 11.6 Å². The summed E-state index contributed by atoms with van der Waals surface area (Å²) in [6.07, 6.45) is 1.48. The standard InChI is InChI=1S/C25H22ClNO7/c1-31-18-11-15(12-19(32-2)24(18)33-3)21-20(22(28)14-6-8-16(26)9-7-14)23(29)25(30)27(21)13-17-5-4-10-34-17/h4-12,21,28H,13H2,1-3H3/b22-20+. The molecule has 0 radical (unpaired) electrons. The van der Waals surface area contributed by atoms with Gasteiger partial charge in [-0.05, 0) is 54.1 Å². The summed E-state index contributed by atoms with van der Waals surface area (Å²) in [7, 11) is 4.41. The molecule has 1 unspecified atom stereocenters. The van der Waals surface area contributed by atoms with Gasteiger partial charge < -0.3 is 28.6 Å². The Morgan fingerprint density at radius 2 is 1.68 bits per heavy atom. The quantitative estimate of drug-likeness (QED) is 0.298. The van der Waals surface area contributed by atoms with Crippen LogP contribution in [0.15, 0.2) is 64.8 Å². The Bertz CT molecular complexity index is 1220. The minimum Gasteiger partial charge on any atom is -0.507 e. The molecule has 3 aromatic rings. The number of hydrogen-bond acceptors (Lipinski definition) is 7. The molecule has 1 aromatic heterocycles. The Morgan fingerprint density at radius 1 is 1.03 bits per heavy atom. The molecule has 0 aliphatic carbocycles. The van der Waals surface area contributed by atoms with Gasteiger partial charge in [0.15, 0.2) is 11.5 Å². The Labute approximate surface area is 200 Å². The lowest BCUT2D eigenvalue weighted by Crippen LogP contribution is -2.29. The number of ketones is 1. The van der Waals surface area contributed by atoms with E-state index in [1.165, 1.54) is 32.5 Å². The third-order valence-electron chi connectivity index (χ3n) is 5.57. The van der Waals surface area contributed by atoms with E-state index in [2.05, 4.69) is 0 Å². The second kappa shape index (κ2) is 9.52. The number of hydrogen-bond donors (Lipinski definition) is 1. The number of aliphatic hydroxyl groups excluding tert-OH is 1. The van der Waals surface area contributed by atoms with E-state index in [4.69, 9.17) is 30.2 Å². The molecule has 0 bridgehead atoms. The average Bonchev–Trinajstić information content (AvgIpc) is 3.45. The molecule has 2 aromatic carbocycles. The second-order valence-corrected chi connectivity index (χ2v) is 7.91. The van der Waals surface area contributed by atoms with Gasteiger partial charge in [-0.25, -0.2) is 0 Å². The summed E-state index contributed by atoms with van der Waals surface area (Å²) < 4.78 is 21.7. The summed E-state index contributed by atoms with van der Waals surface area (Å²) >= 11 is 5.97. The lowest BCUT2D eigenvalue weighted by atomic mass is 9.94. The number of Topliss-reactive ketones (excluding diaryl/α,β-unsaturated/α-hetero) is 1. The SMILES string of the molecule is COc1cc(C2/C(=C(\O)c3ccc(Cl)cc3)C(=O)C(=O)N2Cc2ccco2)cc(OC)c1OC. The molecule has 1 atom stereocenters. The lowest BCUT2D eigenvalue weighted by molar-refractivity contribution is -0.140. The molecule has 0 saturated carbocycles. The number of methoxy groups -OCH3 is 3. The van der Waals surface area contributed by atoms with Crippen LogP contribution >= 0.6 is 11.6 Å². The van der Waals surface area contributed by atoms with Crippen molar-refractivity contribution in [3.63, 3.8) is 0 Å². The van der Waals surface area contributed by atoms with Gasteiger partial charge >= 0.3 is 0 Å². The number of halogens is 1. The summed E-state index contributed by atoms with van der Waals surface area (Å²) in [6, 6.07) is 12.0. The van der Waals surface area contributed by atoms with E-state index in [-0.39, 0.29) is 17.9 Å². The van der Waals surface area contributed by atoms with Crippen LogP contribution < -0.4 is 14.2 Å². The molecule has 9 heteroatoms. The normalized spacial score (nSPS) is 17.2. The van der Waals surface area contributed by atoms with E-state index in [0.29, 0.717) is 39.2 Å². The van der Waals surface area contributed by atoms with Crippen LogP contribution in [-0.4, -0.2) is 43.0 Å². The average molecular weight is 484 g/mol. The summed E-state index contributed by atoms with van der Waals surface area (Å²) in [6.45, 7) is 0.0102. The summed E-state index contributed by atoms with van der Waals surface area (Å²) in [4.78, 5) is 27.7. The zero-order chi connectivity index (χ0) is 24.4. The van der Waals surface area contributed by atoms with E-state index in [1.54, 1.807) is 48.5 Å². The summed E-state index contributed by atoms with van der Waals surface area (Å²) in [5.41, 5.74) is 0.752. The number of ether oxygens (including phenoxy) is 3. The van der Waals surface area contributed by atoms with E-state index >= 15 is 0 Å². The molecule has 4 rings (SSSR count). The fraction of sp³-hybridized carbons (Fsp3) is 0.200. The van der Waals surface area contributed by atoms with Crippen LogP contribution in [-0.2, 0) is 16.1 Å². The molecule has 1 N–H and O–H groups in total. The van der Waals surface area contributed by atoms with Gasteiger partial charge in [0.05, 0.1) is 45.8 Å². The van der Waals surface area contributed by atoms with Crippen LogP contribution in [0.2, 0.25) is 5.02 Å². The predicted octanol–water partition coefficient (Wildman–Crippen LogP) is 4.58. The number of nitrogens with zero attached hydrogens (tertiary/aromatic N) is 1. The van der Waals surface area contributed by atoms with Gasteiger partial charge in [0.1, 0.15) is 11.5 Å². The van der Waals surface area contributed by atoms with Crippen LogP contribution in [0.3, 0.4) is 0 Å². The monoisotopic (exact) mass is 483 g/mol. The van der Waals surface area contributed by atoms with Crippen molar-refractivity contribution >= 4 is 29.1 Å². The van der Waals surface area contributed by atoms with Crippen molar-refractivity contribution < 1.29 is 33.3 Å². The first-order valence-electron chi connectivity index (χ1n) is 10.3. The van der Waals surface area contributed by atoms with Gasteiger partial charge in [0.2, 0.25) is 5.75 Å². The first-order valence-corrected chi connectivity index (χ1v) is 10.6. The molecule has 1 fully saturated rings. The number of furan rings is 1. The first kappa shape index (κ1) is 23.3. The Kier molecular flexibility index (Phi) is 6.51. The number of rotatable bonds is 7. The van der Waals surface area contributed by atoms with Crippen LogP contribution in [0.1, 0.15) is 22.9 Å². The van der Waals surface area contributed by atoms with Gasteiger partial charge in [0.25, 0.3) is 11.7 Å². The predicted molar refractivity (Wildman–Crippen MR) is 124 cm³/mol. The van der Waals surface area contributed by atoms with Crippen molar-refractivity contribution in [2.75, 3.05) is 21.3 Å². The van der Waals surface area contributed by atoms with Crippen LogP contribution in [0, 0.1) is 0 Å². The molecule has 8 nitrogen and oxygen atoms in total. The number of likely N-dealkylation sites (tertiary alicyclic amines) is 1. The van der Waals surface area contributed by atoms with Gasteiger partial charge in [-0.3, -0.25) is 9.59 Å². The van der Waals surface area contributed by atoms with Crippen molar-refractivity contribution in [2.45, 2.75) is 12.6 Å². The van der Waals surface area contributed by atoms with E-state index in [9.17, 15) is 14.7 Å². The summed E-state index contributed by atoms with van der Waals surface area (Å²) in [5, 5.41) is 11.6. The minimum atomic E-state index is -0.950. The van der Waals surface area contributed by atoms with Crippen LogP contribution in [0.5, 0.6) is 17.2 Å². The molecule has 1 aliphatic heterocycles. The maximum atomic E-state index is 13.2. The highest BCUT2D eigenvalue weighted by molar-refractivity contribution is 6.46. The molecule has 2 heterocycles. The smallest absolute Gasteiger partial charge is 0.296 e. The fourth-order valence-electron chi connectivity index (χ4n) is 3.98. The largest absolute Gasteiger partial charge is 0.507 e. The number of carbonyl (C=O) groups is 2. The maximum Gasteiger partial charge on any atom is 0.296 e. The molecule has 34 heavy (non-hydrogen) atoms. The molecule has 1 amide bonds. The van der Waals surface area contributed by atoms with E-state index in [1.807, 2.05) is 0 Å². The number of carbonyl (C=O) groups excluding carboxylic acids is 2. The topological polar surface area (TPSA) is 98.4 Å². The fourth-order valence-corrected chi connectivity index (χ4v) is 4.11. The Morgan fingerprint density at radius 3 is 2.21 bits per heavy atom. The Hall–Kier alpha value is -3.91. The molecule has 1 aliphatic rings. The van der Waals surface area contributed by atoms with Crippen molar-refractivity contribution in [1.29, 1.82) is 0 Å². The highest BCUT2D eigenvalue weighted by Crippen LogP contribution is 2.46. The van der Waals surface area contributed by atoms with Gasteiger partial charge in [0, 0.05) is 10.6 Å². The zero-order valence-corrected chi connectivity index (χ0v) is 19.5. The van der Waals surface area contributed by atoms with Crippen molar-refractivity contribution in [2.24, 2.45) is 0 Å². The summed E-state index contributed by atoms with van der Waals surface area (Å²) in [5.74, 6) is -0.404. The number of aliphatic hydroxyl groups is 1. The van der Waals surface area contributed by atoms with Crippen molar-refractivity contribution in [1.82, 2.24) is 4.90 Å². The highest BCUT2D eigenvalue weighted by Gasteiger charge is 2.47. The van der Waals surface area contributed by atoms with Gasteiger partial charge in [-0.2, -0.15) is 0 Å². The molecule has 176 valence electrons. The van der Waals surface area contributed by atoms with E-state index in [0.717, 1.165) is 0 Å². The molecule has 1 saturated heterocycles. The van der Waals surface area contributed by atoms with Crippen molar-refractivity contribution in [3.05, 3.63) is 82.3 Å². The second-order valence-electron chi connectivity index (χ2n) is 7.47. The minimum absolute atomic E-state index is 0.0102. The highest BCUT2D eigenvalue weighted by atomic mass is 35.5.